The number of rotatable bonds is 9. The molecule has 2 N–H and O–H groups in total. The molecule has 0 atom stereocenters. The topological polar surface area (TPSA) is 67.8 Å². The van der Waals surface area contributed by atoms with Crippen LogP contribution in [0.4, 0.5) is 0 Å². The summed E-state index contributed by atoms with van der Waals surface area (Å²) in [6.07, 6.45) is 1.64. The Labute approximate surface area is 126 Å². The maximum Gasteiger partial charge on any atom is 0.257 e. The maximum absolute atomic E-state index is 11.8. The minimum atomic E-state index is -0.240. The molecule has 0 saturated carbocycles. The van der Waals surface area contributed by atoms with Crippen molar-refractivity contribution in [2.24, 2.45) is 5.41 Å². The maximum atomic E-state index is 11.8. The number of benzene rings is 1. The monoisotopic (exact) mass is 295 g/mol. The van der Waals surface area contributed by atoms with E-state index in [0.29, 0.717) is 12.3 Å². The number of aliphatic hydroxyl groups excluding tert-OH is 1. The zero-order chi connectivity index (χ0) is 15.7. The van der Waals surface area contributed by atoms with Crippen molar-refractivity contribution in [1.82, 2.24) is 5.32 Å². The summed E-state index contributed by atoms with van der Waals surface area (Å²) in [4.78, 5) is 11.8. The highest BCUT2D eigenvalue weighted by Crippen LogP contribution is 2.24. The van der Waals surface area contributed by atoms with E-state index in [9.17, 15) is 9.90 Å². The fraction of sp³-hybridized carbons (Fsp3) is 0.562. The number of nitrogens with one attached hydrogen (secondary N) is 1. The lowest BCUT2D eigenvalue weighted by molar-refractivity contribution is -0.123. The second-order valence-electron chi connectivity index (χ2n) is 5.11. The molecule has 0 unspecified atom stereocenters. The summed E-state index contributed by atoms with van der Waals surface area (Å²) in [5, 5.41) is 12.3. The summed E-state index contributed by atoms with van der Waals surface area (Å²) in [6.45, 7) is 4.52. The smallest absolute Gasteiger partial charge is 0.257 e. The second-order valence-corrected chi connectivity index (χ2v) is 5.11. The fourth-order valence-electron chi connectivity index (χ4n) is 1.94. The van der Waals surface area contributed by atoms with Crippen molar-refractivity contribution < 1.29 is 19.4 Å². The van der Waals surface area contributed by atoms with E-state index in [1.54, 1.807) is 31.4 Å². The van der Waals surface area contributed by atoms with Gasteiger partial charge in [-0.1, -0.05) is 13.8 Å². The van der Waals surface area contributed by atoms with Crippen LogP contribution in [0.15, 0.2) is 24.3 Å². The fourth-order valence-corrected chi connectivity index (χ4v) is 1.94. The molecular formula is C16H25NO4. The summed E-state index contributed by atoms with van der Waals surface area (Å²) in [5.41, 5.74) is -0.240. The zero-order valence-corrected chi connectivity index (χ0v) is 13.0. The van der Waals surface area contributed by atoms with Gasteiger partial charge in [0.1, 0.15) is 11.5 Å². The molecule has 21 heavy (non-hydrogen) atoms. The van der Waals surface area contributed by atoms with Crippen LogP contribution in [0, 0.1) is 5.41 Å². The summed E-state index contributed by atoms with van der Waals surface area (Å²) >= 11 is 0. The van der Waals surface area contributed by atoms with Gasteiger partial charge in [-0.2, -0.15) is 0 Å². The van der Waals surface area contributed by atoms with Crippen molar-refractivity contribution in [3.05, 3.63) is 24.3 Å². The normalized spacial score (nSPS) is 11.0. The molecule has 118 valence electrons. The Bertz CT molecular complexity index is 418. The number of hydrogen-bond donors (Lipinski definition) is 2. The Kier molecular flexibility index (Phi) is 7.02. The SMILES string of the molecule is CCC(CC)(CO)CNC(=O)COc1ccc(OC)cc1. The summed E-state index contributed by atoms with van der Waals surface area (Å²) in [6, 6.07) is 7.06. The molecule has 5 nitrogen and oxygen atoms in total. The molecule has 0 aromatic heterocycles. The van der Waals surface area contributed by atoms with Gasteiger partial charge >= 0.3 is 0 Å². The molecule has 1 aromatic rings. The number of ether oxygens (including phenoxy) is 2. The van der Waals surface area contributed by atoms with Gasteiger partial charge < -0.3 is 19.9 Å². The van der Waals surface area contributed by atoms with Gasteiger partial charge in [-0.05, 0) is 37.1 Å². The van der Waals surface area contributed by atoms with Crippen molar-refractivity contribution in [3.63, 3.8) is 0 Å². The highest BCUT2D eigenvalue weighted by atomic mass is 16.5. The van der Waals surface area contributed by atoms with Crippen molar-refractivity contribution in [1.29, 1.82) is 0 Å². The van der Waals surface area contributed by atoms with Crippen molar-refractivity contribution in [3.8, 4) is 11.5 Å². The molecule has 0 aliphatic heterocycles. The number of hydrogen-bond acceptors (Lipinski definition) is 4. The number of aliphatic hydroxyl groups is 1. The molecule has 1 amide bonds. The molecule has 1 aromatic carbocycles. The number of carbonyl (C=O) groups is 1. The minimum Gasteiger partial charge on any atom is -0.497 e. The van der Waals surface area contributed by atoms with Crippen LogP contribution in [-0.2, 0) is 4.79 Å². The first-order chi connectivity index (χ1) is 10.1. The average molecular weight is 295 g/mol. The van der Waals surface area contributed by atoms with Crippen molar-refractivity contribution in [2.75, 3.05) is 26.9 Å². The van der Waals surface area contributed by atoms with E-state index < -0.39 is 0 Å². The van der Waals surface area contributed by atoms with Crippen LogP contribution in [0.3, 0.4) is 0 Å². The first-order valence-electron chi connectivity index (χ1n) is 7.23. The second kappa shape index (κ2) is 8.52. The molecule has 0 radical (unpaired) electrons. The highest BCUT2D eigenvalue weighted by molar-refractivity contribution is 5.77. The van der Waals surface area contributed by atoms with Crippen LogP contribution in [0.25, 0.3) is 0 Å². The molecule has 1 rings (SSSR count). The first-order valence-corrected chi connectivity index (χ1v) is 7.23. The number of methoxy groups -OCH3 is 1. The van der Waals surface area contributed by atoms with Crippen LogP contribution in [-0.4, -0.2) is 37.9 Å². The van der Waals surface area contributed by atoms with Crippen LogP contribution < -0.4 is 14.8 Å². The Morgan fingerprint density at radius 3 is 2.24 bits per heavy atom. The van der Waals surface area contributed by atoms with E-state index in [1.807, 2.05) is 13.8 Å². The van der Waals surface area contributed by atoms with Gasteiger partial charge in [-0.25, -0.2) is 0 Å². The quantitative estimate of drug-likeness (QED) is 0.731. The molecule has 0 bridgehead atoms. The van der Waals surface area contributed by atoms with E-state index in [1.165, 1.54) is 0 Å². The lowest BCUT2D eigenvalue weighted by Gasteiger charge is -2.29. The molecule has 0 aliphatic carbocycles. The highest BCUT2D eigenvalue weighted by Gasteiger charge is 2.25. The minimum absolute atomic E-state index is 0.0404. The first kappa shape index (κ1) is 17.3. The Morgan fingerprint density at radius 2 is 1.76 bits per heavy atom. The van der Waals surface area contributed by atoms with E-state index in [4.69, 9.17) is 9.47 Å². The van der Waals surface area contributed by atoms with Gasteiger partial charge in [0.25, 0.3) is 5.91 Å². The third kappa shape index (κ3) is 5.27. The number of carbonyl (C=O) groups excluding carboxylic acids is 1. The van der Waals surface area contributed by atoms with E-state index in [-0.39, 0.29) is 24.5 Å². The Balaban J connectivity index is 2.39. The molecule has 0 aliphatic rings. The zero-order valence-electron chi connectivity index (χ0n) is 13.0. The van der Waals surface area contributed by atoms with Crippen molar-refractivity contribution in [2.45, 2.75) is 26.7 Å². The van der Waals surface area contributed by atoms with Gasteiger partial charge in [0, 0.05) is 12.0 Å². The van der Waals surface area contributed by atoms with Gasteiger partial charge in [0.05, 0.1) is 13.7 Å². The van der Waals surface area contributed by atoms with E-state index >= 15 is 0 Å². The third-order valence-electron chi connectivity index (χ3n) is 3.93. The van der Waals surface area contributed by atoms with E-state index in [0.717, 1.165) is 18.6 Å². The van der Waals surface area contributed by atoms with Crippen LogP contribution >= 0.6 is 0 Å². The largest absolute Gasteiger partial charge is 0.497 e. The number of amides is 1. The standard InChI is InChI=1S/C16H25NO4/c1-4-16(5-2,12-18)11-17-15(19)10-21-14-8-6-13(20-3)7-9-14/h6-9,18H,4-5,10-12H2,1-3H3,(H,17,19). The predicted molar refractivity (Wildman–Crippen MR) is 81.6 cm³/mol. The lowest BCUT2D eigenvalue weighted by atomic mass is 9.83. The van der Waals surface area contributed by atoms with Crippen LogP contribution in [0.2, 0.25) is 0 Å². The molecular weight excluding hydrogens is 270 g/mol. The van der Waals surface area contributed by atoms with Gasteiger partial charge in [-0.15, -0.1) is 0 Å². The third-order valence-corrected chi connectivity index (χ3v) is 3.93. The molecule has 0 fully saturated rings. The predicted octanol–water partition coefficient (Wildman–Crippen LogP) is 1.99. The Morgan fingerprint density at radius 1 is 1.19 bits per heavy atom. The van der Waals surface area contributed by atoms with Gasteiger partial charge in [0.2, 0.25) is 0 Å². The van der Waals surface area contributed by atoms with E-state index in [2.05, 4.69) is 5.32 Å². The lowest BCUT2D eigenvalue weighted by Crippen LogP contribution is -2.41. The summed E-state index contributed by atoms with van der Waals surface area (Å²) in [5.74, 6) is 1.17. The molecule has 5 heteroatoms. The summed E-state index contributed by atoms with van der Waals surface area (Å²) < 4.78 is 10.5. The average Bonchev–Trinajstić information content (AvgIpc) is 2.55. The Hall–Kier alpha value is -1.75. The van der Waals surface area contributed by atoms with Crippen molar-refractivity contribution >= 4 is 5.91 Å². The molecule has 0 spiro atoms. The van der Waals surface area contributed by atoms with Crippen LogP contribution in [0.1, 0.15) is 26.7 Å². The van der Waals surface area contributed by atoms with Gasteiger partial charge in [-0.3, -0.25) is 4.79 Å². The summed E-state index contributed by atoms with van der Waals surface area (Å²) in [7, 11) is 1.60. The van der Waals surface area contributed by atoms with Gasteiger partial charge in [0.15, 0.2) is 6.61 Å². The molecule has 0 heterocycles. The molecule has 0 saturated heterocycles. The van der Waals surface area contributed by atoms with Crippen LogP contribution in [0.5, 0.6) is 11.5 Å².